The molecule has 0 aromatic rings. The minimum atomic E-state index is 0.313. The molecule has 1 rings (SSSR count). The molecule has 1 saturated heterocycles. The normalized spacial score (nSPS) is 23.2. The SMILES string of the molecule is [N-]=[N+]=NCCC[C@@H]1CNCCO1. The first-order chi connectivity index (χ1) is 5.93. The predicted octanol–water partition coefficient (Wildman–Crippen LogP) is 1.07. The Hall–Kier alpha value is -0.770. The zero-order valence-electron chi connectivity index (χ0n) is 7.07. The second kappa shape index (κ2) is 5.83. The van der Waals surface area contributed by atoms with Crippen LogP contribution in [0.1, 0.15) is 12.8 Å². The standard InChI is InChI=1S/C7H14N4O/c8-11-10-3-1-2-7-6-9-4-5-12-7/h7,9H,1-6H2/t7-/m1/s1. The van der Waals surface area contributed by atoms with Gasteiger partial charge in [0, 0.05) is 24.5 Å². The van der Waals surface area contributed by atoms with Gasteiger partial charge in [-0.3, -0.25) is 0 Å². The lowest BCUT2D eigenvalue weighted by molar-refractivity contribution is 0.0228. The average Bonchev–Trinajstić information content (AvgIpc) is 2.14. The van der Waals surface area contributed by atoms with E-state index in [9.17, 15) is 0 Å². The highest BCUT2D eigenvalue weighted by molar-refractivity contribution is 4.67. The van der Waals surface area contributed by atoms with Gasteiger partial charge in [0.15, 0.2) is 0 Å². The Bertz CT molecular complexity index is 161. The van der Waals surface area contributed by atoms with Gasteiger partial charge in [-0.05, 0) is 18.4 Å². The molecule has 1 fully saturated rings. The van der Waals surface area contributed by atoms with Crippen LogP contribution in [-0.4, -0.2) is 32.3 Å². The van der Waals surface area contributed by atoms with Gasteiger partial charge in [-0.1, -0.05) is 5.11 Å². The molecule has 1 atom stereocenters. The third-order valence-electron chi connectivity index (χ3n) is 1.85. The van der Waals surface area contributed by atoms with E-state index in [2.05, 4.69) is 15.3 Å². The van der Waals surface area contributed by atoms with Crippen molar-refractivity contribution < 1.29 is 4.74 Å². The maximum atomic E-state index is 8.02. The largest absolute Gasteiger partial charge is 0.376 e. The lowest BCUT2D eigenvalue weighted by Crippen LogP contribution is -2.38. The van der Waals surface area contributed by atoms with E-state index in [4.69, 9.17) is 10.3 Å². The quantitative estimate of drug-likeness (QED) is 0.296. The summed E-state index contributed by atoms with van der Waals surface area (Å²) in [4.78, 5) is 2.69. The van der Waals surface area contributed by atoms with Crippen LogP contribution in [-0.2, 0) is 4.74 Å². The lowest BCUT2D eigenvalue weighted by atomic mass is 10.2. The van der Waals surface area contributed by atoms with E-state index in [1.165, 1.54) is 0 Å². The van der Waals surface area contributed by atoms with Gasteiger partial charge in [-0.2, -0.15) is 0 Å². The van der Waals surface area contributed by atoms with Crippen molar-refractivity contribution in [3.05, 3.63) is 10.4 Å². The molecule has 0 saturated carbocycles. The highest BCUT2D eigenvalue weighted by Gasteiger charge is 2.11. The van der Waals surface area contributed by atoms with Crippen LogP contribution in [0.2, 0.25) is 0 Å². The molecule has 1 aliphatic heterocycles. The van der Waals surface area contributed by atoms with Gasteiger partial charge in [0.2, 0.25) is 0 Å². The van der Waals surface area contributed by atoms with Gasteiger partial charge in [-0.15, -0.1) is 0 Å². The molecular weight excluding hydrogens is 156 g/mol. The van der Waals surface area contributed by atoms with Crippen molar-refractivity contribution in [2.24, 2.45) is 5.11 Å². The third kappa shape index (κ3) is 3.57. The lowest BCUT2D eigenvalue weighted by Gasteiger charge is -2.23. The predicted molar refractivity (Wildman–Crippen MR) is 45.9 cm³/mol. The smallest absolute Gasteiger partial charge is 0.0700 e. The second-order valence-corrected chi connectivity index (χ2v) is 2.79. The Morgan fingerprint density at radius 2 is 2.58 bits per heavy atom. The molecule has 0 radical (unpaired) electrons. The molecule has 0 aliphatic carbocycles. The van der Waals surface area contributed by atoms with Crippen LogP contribution in [0.3, 0.4) is 0 Å². The molecule has 1 heterocycles. The number of hydrogen-bond acceptors (Lipinski definition) is 3. The number of rotatable bonds is 4. The summed E-state index contributed by atoms with van der Waals surface area (Å²) in [5, 5.41) is 6.71. The molecule has 12 heavy (non-hydrogen) atoms. The molecule has 0 bridgehead atoms. The van der Waals surface area contributed by atoms with E-state index in [1.54, 1.807) is 0 Å². The second-order valence-electron chi connectivity index (χ2n) is 2.79. The molecule has 5 heteroatoms. The Morgan fingerprint density at radius 3 is 3.25 bits per heavy atom. The van der Waals surface area contributed by atoms with Crippen molar-refractivity contribution in [2.75, 3.05) is 26.2 Å². The molecule has 68 valence electrons. The number of hydrogen-bond donors (Lipinski definition) is 1. The highest BCUT2D eigenvalue weighted by atomic mass is 16.5. The molecule has 5 nitrogen and oxygen atoms in total. The van der Waals surface area contributed by atoms with Gasteiger partial charge in [0.05, 0.1) is 12.7 Å². The van der Waals surface area contributed by atoms with Crippen molar-refractivity contribution in [3.63, 3.8) is 0 Å². The van der Waals surface area contributed by atoms with Crippen molar-refractivity contribution in [2.45, 2.75) is 18.9 Å². The third-order valence-corrected chi connectivity index (χ3v) is 1.85. The van der Waals surface area contributed by atoms with Crippen molar-refractivity contribution in [1.82, 2.24) is 5.32 Å². The zero-order valence-corrected chi connectivity index (χ0v) is 7.07. The summed E-state index contributed by atoms with van der Waals surface area (Å²) in [6, 6.07) is 0. The minimum absolute atomic E-state index is 0.313. The molecule has 1 aliphatic rings. The number of nitrogens with one attached hydrogen (secondary N) is 1. The van der Waals surface area contributed by atoms with E-state index < -0.39 is 0 Å². The molecule has 0 aromatic carbocycles. The van der Waals surface area contributed by atoms with Crippen LogP contribution in [0.15, 0.2) is 5.11 Å². The van der Waals surface area contributed by atoms with Crippen LogP contribution in [0.4, 0.5) is 0 Å². The van der Waals surface area contributed by atoms with Crippen LogP contribution >= 0.6 is 0 Å². The van der Waals surface area contributed by atoms with Gasteiger partial charge in [-0.25, -0.2) is 0 Å². The monoisotopic (exact) mass is 170 g/mol. The van der Waals surface area contributed by atoms with Gasteiger partial charge >= 0.3 is 0 Å². The summed E-state index contributed by atoms with van der Waals surface area (Å²) in [6.07, 6.45) is 2.20. The fourth-order valence-electron chi connectivity index (χ4n) is 1.24. The summed E-state index contributed by atoms with van der Waals surface area (Å²) in [7, 11) is 0. The summed E-state index contributed by atoms with van der Waals surface area (Å²) < 4.78 is 5.46. The van der Waals surface area contributed by atoms with E-state index in [-0.39, 0.29) is 0 Å². The molecule has 1 N–H and O–H groups in total. The van der Waals surface area contributed by atoms with Crippen LogP contribution in [0.5, 0.6) is 0 Å². The van der Waals surface area contributed by atoms with Crippen molar-refractivity contribution >= 4 is 0 Å². The first-order valence-electron chi connectivity index (χ1n) is 4.26. The summed E-state index contributed by atoms with van der Waals surface area (Å²) in [5.74, 6) is 0. The van der Waals surface area contributed by atoms with Crippen LogP contribution in [0.25, 0.3) is 10.4 Å². The minimum Gasteiger partial charge on any atom is -0.376 e. The van der Waals surface area contributed by atoms with Gasteiger partial charge in [0.25, 0.3) is 0 Å². The molecule has 0 amide bonds. The Kier molecular flexibility index (Phi) is 4.52. The van der Waals surface area contributed by atoms with Crippen LogP contribution < -0.4 is 5.32 Å². The van der Waals surface area contributed by atoms with E-state index in [0.29, 0.717) is 12.6 Å². The maximum absolute atomic E-state index is 8.02. The molecule has 0 aromatic heterocycles. The van der Waals surface area contributed by atoms with E-state index >= 15 is 0 Å². The fourth-order valence-corrected chi connectivity index (χ4v) is 1.24. The first-order valence-corrected chi connectivity index (χ1v) is 4.26. The molecule has 0 unspecified atom stereocenters. The summed E-state index contributed by atoms with van der Waals surface area (Å²) >= 11 is 0. The van der Waals surface area contributed by atoms with Crippen molar-refractivity contribution in [3.8, 4) is 0 Å². The first kappa shape index (κ1) is 9.32. The molecular formula is C7H14N4O. The van der Waals surface area contributed by atoms with Crippen LogP contribution in [0, 0.1) is 0 Å². The summed E-state index contributed by atoms with van der Waals surface area (Å²) in [6.45, 7) is 3.26. The fraction of sp³-hybridized carbons (Fsp3) is 1.00. The maximum Gasteiger partial charge on any atom is 0.0700 e. The topological polar surface area (TPSA) is 70.0 Å². The summed E-state index contributed by atoms with van der Waals surface area (Å²) in [5.41, 5.74) is 8.02. The Labute approximate surface area is 71.7 Å². The van der Waals surface area contributed by atoms with E-state index in [0.717, 1.165) is 32.5 Å². The Morgan fingerprint density at radius 1 is 1.67 bits per heavy atom. The van der Waals surface area contributed by atoms with Gasteiger partial charge < -0.3 is 10.1 Å². The number of ether oxygens (including phenoxy) is 1. The Balaban J connectivity index is 2.01. The zero-order chi connectivity index (χ0) is 8.65. The van der Waals surface area contributed by atoms with Gasteiger partial charge in [0.1, 0.15) is 0 Å². The number of morpholine rings is 1. The number of azide groups is 1. The average molecular weight is 170 g/mol. The van der Waals surface area contributed by atoms with E-state index in [1.807, 2.05) is 0 Å². The highest BCUT2D eigenvalue weighted by Crippen LogP contribution is 2.04. The molecule has 0 spiro atoms. The van der Waals surface area contributed by atoms with Crippen molar-refractivity contribution in [1.29, 1.82) is 0 Å². The number of nitrogens with zero attached hydrogens (tertiary/aromatic N) is 3.